The quantitative estimate of drug-likeness (QED) is 0.781. The summed E-state index contributed by atoms with van der Waals surface area (Å²) in [6.07, 6.45) is 0. The smallest absolute Gasteiger partial charge is 0.238 e. The van der Waals surface area contributed by atoms with Crippen LogP contribution in [0.4, 0.5) is 10.1 Å². The molecule has 0 spiro atoms. The summed E-state index contributed by atoms with van der Waals surface area (Å²) in [5.74, 6) is 0.113. The van der Waals surface area contributed by atoms with E-state index < -0.39 is 0 Å². The van der Waals surface area contributed by atoms with Crippen molar-refractivity contribution in [3.05, 3.63) is 65.5 Å². The van der Waals surface area contributed by atoms with Crippen LogP contribution in [0.2, 0.25) is 0 Å². The van der Waals surface area contributed by atoms with Crippen LogP contribution in [0.15, 0.2) is 48.5 Å². The maximum atomic E-state index is 13.5. The number of hydrogen-bond acceptors (Lipinski definition) is 2. The molecule has 3 rings (SSSR count). The van der Waals surface area contributed by atoms with Crippen molar-refractivity contribution >= 4 is 23.4 Å². The third-order valence-electron chi connectivity index (χ3n) is 4.02. The van der Waals surface area contributed by atoms with Crippen LogP contribution in [0.25, 0.3) is 0 Å². The van der Waals surface area contributed by atoms with Crippen molar-refractivity contribution in [1.82, 2.24) is 0 Å². The van der Waals surface area contributed by atoms with E-state index in [-0.39, 0.29) is 22.5 Å². The van der Waals surface area contributed by atoms with Gasteiger partial charge in [0.15, 0.2) is 0 Å². The zero-order valence-corrected chi connectivity index (χ0v) is 14.4. The first-order valence-electron chi connectivity index (χ1n) is 7.66. The summed E-state index contributed by atoms with van der Waals surface area (Å²) in [4.78, 5) is 14.0. The van der Waals surface area contributed by atoms with Gasteiger partial charge in [-0.3, -0.25) is 9.69 Å². The Kier molecular flexibility index (Phi) is 4.19. The second-order valence-electron chi connectivity index (χ2n) is 6.78. The molecule has 1 aliphatic rings. The molecule has 23 heavy (non-hydrogen) atoms. The number of benzene rings is 2. The van der Waals surface area contributed by atoms with Crippen molar-refractivity contribution in [3.8, 4) is 0 Å². The molecule has 2 aromatic rings. The molecular weight excluding hydrogens is 309 g/mol. The van der Waals surface area contributed by atoms with Gasteiger partial charge in [0.1, 0.15) is 11.2 Å². The number of hydrogen-bond donors (Lipinski definition) is 0. The fraction of sp³-hybridized carbons (Fsp3) is 0.316. The van der Waals surface area contributed by atoms with E-state index in [1.54, 1.807) is 28.8 Å². The molecule has 120 valence electrons. The highest BCUT2D eigenvalue weighted by Gasteiger charge is 2.34. The van der Waals surface area contributed by atoms with Gasteiger partial charge in [-0.1, -0.05) is 51.1 Å². The first-order chi connectivity index (χ1) is 10.9. The highest BCUT2D eigenvalue weighted by molar-refractivity contribution is 8.00. The highest BCUT2D eigenvalue weighted by atomic mass is 32.2. The molecule has 1 atom stereocenters. The molecule has 0 unspecified atom stereocenters. The molecule has 1 saturated heterocycles. The lowest BCUT2D eigenvalue weighted by Gasteiger charge is -2.25. The third kappa shape index (κ3) is 3.27. The Bertz CT molecular complexity index is 721. The Balaban J connectivity index is 1.93. The number of anilines is 1. The molecule has 1 aliphatic heterocycles. The molecule has 1 heterocycles. The van der Waals surface area contributed by atoms with Crippen molar-refractivity contribution in [2.75, 3.05) is 10.7 Å². The van der Waals surface area contributed by atoms with E-state index in [4.69, 9.17) is 0 Å². The van der Waals surface area contributed by atoms with Gasteiger partial charge >= 0.3 is 0 Å². The zero-order chi connectivity index (χ0) is 16.6. The molecule has 0 aliphatic carbocycles. The number of carbonyl (C=O) groups is 1. The van der Waals surface area contributed by atoms with Crippen LogP contribution in [-0.4, -0.2) is 11.7 Å². The summed E-state index contributed by atoms with van der Waals surface area (Å²) >= 11 is 1.58. The Morgan fingerprint density at radius 1 is 1.13 bits per heavy atom. The molecule has 0 bridgehead atoms. The minimum atomic E-state index is -0.325. The van der Waals surface area contributed by atoms with Gasteiger partial charge in [0.25, 0.3) is 0 Å². The van der Waals surface area contributed by atoms with Gasteiger partial charge in [0, 0.05) is 5.69 Å². The summed E-state index contributed by atoms with van der Waals surface area (Å²) in [6.45, 7) is 6.53. The molecular formula is C19H20FNOS. The third-order valence-corrected chi connectivity index (χ3v) is 5.23. The van der Waals surface area contributed by atoms with Gasteiger partial charge < -0.3 is 0 Å². The minimum absolute atomic E-state index is 0.0190. The van der Waals surface area contributed by atoms with Crippen LogP contribution in [0.3, 0.4) is 0 Å². The lowest BCUT2D eigenvalue weighted by atomic mass is 9.86. The molecule has 1 amide bonds. The van der Waals surface area contributed by atoms with Gasteiger partial charge in [-0.25, -0.2) is 4.39 Å². The standard InChI is InChI=1S/C19H20FNOS/c1-19(2,3)14-9-7-13(8-10-14)18-21(17(22)12-23-18)16-6-4-5-15(20)11-16/h4-11,18H,12H2,1-3H3/t18-/m0/s1. The van der Waals surface area contributed by atoms with E-state index in [2.05, 4.69) is 45.0 Å². The van der Waals surface area contributed by atoms with E-state index in [9.17, 15) is 9.18 Å². The first-order valence-corrected chi connectivity index (χ1v) is 8.71. The Hall–Kier alpha value is -1.81. The first kappa shape index (κ1) is 16.1. The predicted octanol–water partition coefficient (Wildman–Crippen LogP) is 4.90. The normalized spacial score (nSPS) is 18.5. The molecule has 4 heteroatoms. The SMILES string of the molecule is CC(C)(C)c1ccc([C@@H]2SCC(=O)N2c2cccc(F)c2)cc1. The average molecular weight is 329 g/mol. The highest BCUT2D eigenvalue weighted by Crippen LogP contribution is 2.42. The second-order valence-corrected chi connectivity index (χ2v) is 7.85. The van der Waals surface area contributed by atoms with Gasteiger partial charge in [-0.15, -0.1) is 11.8 Å². The van der Waals surface area contributed by atoms with Gasteiger partial charge in [0.2, 0.25) is 5.91 Å². The van der Waals surface area contributed by atoms with Crippen molar-refractivity contribution in [2.45, 2.75) is 31.6 Å². The van der Waals surface area contributed by atoms with E-state index in [0.29, 0.717) is 11.4 Å². The molecule has 1 fully saturated rings. The van der Waals surface area contributed by atoms with E-state index >= 15 is 0 Å². The van der Waals surface area contributed by atoms with Crippen molar-refractivity contribution < 1.29 is 9.18 Å². The second kappa shape index (κ2) is 6.00. The number of rotatable bonds is 2. The number of amides is 1. The van der Waals surface area contributed by atoms with Gasteiger partial charge in [-0.05, 0) is 34.7 Å². The largest absolute Gasteiger partial charge is 0.295 e. The van der Waals surface area contributed by atoms with E-state index in [1.807, 2.05) is 0 Å². The van der Waals surface area contributed by atoms with E-state index in [1.165, 1.54) is 17.7 Å². The number of nitrogens with zero attached hydrogens (tertiary/aromatic N) is 1. The summed E-state index contributed by atoms with van der Waals surface area (Å²) < 4.78 is 13.5. The van der Waals surface area contributed by atoms with Gasteiger partial charge in [-0.2, -0.15) is 0 Å². The summed E-state index contributed by atoms with van der Waals surface area (Å²) in [5, 5.41) is -0.0988. The zero-order valence-electron chi connectivity index (χ0n) is 13.5. The molecule has 0 radical (unpaired) electrons. The molecule has 0 aromatic heterocycles. The summed E-state index contributed by atoms with van der Waals surface area (Å²) in [5.41, 5.74) is 3.04. The van der Waals surface area contributed by atoms with Crippen molar-refractivity contribution in [3.63, 3.8) is 0 Å². The van der Waals surface area contributed by atoms with Crippen LogP contribution < -0.4 is 4.90 Å². The topological polar surface area (TPSA) is 20.3 Å². The van der Waals surface area contributed by atoms with E-state index in [0.717, 1.165) is 5.56 Å². The van der Waals surface area contributed by atoms with Gasteiger partial charge in [0.05, 0.1) is 5.75 Å². The summed E-state index contributed by atoms with van der Waals surface area (Å²) in [6, 6.07) is 14.6. The van der Waals surface area contributed by atoms with Crippen molar-refractivity contribution in [2.24, 2.45) is 0 Å². The minimum Gasteiger partial charge on any atom is -0.295 e. The molecule has 2 aromatic carbocycles. The van der Waals surface area contributed by atoms with Crippen LogP contribution in [-0.2, 0) is 10.2 Å². The predicted molar refractivity (Wildman–Crippen MR) is 94.2 cm³/mol. The molecule has 0 N–H and O–H groups in total. The Morgan fingerprint density at radius 3 is 2.43 bits per heavy atom. The maximum Gasteiger partial charge on any atom is 0.238 e. The lowest BCUT2D eigenvalue weighted by molar-refractivity contribution is -0.115. The molecule has 2 nitrogen and oxygen atoms in total. The van der Waals surface area contributed by atoms with Crippen LogP contribution in [0.1, 0.15) is 37.3 Å². The molecule has 0 saturated carbocycles. The Morgan fingerprint density at radius 2 is 1.83 bits per heavy atom. The lowest BCUT2D eigenvalue weighted by Crippen LogP contribution is -2.27. The maximum absolute atomic E-state index is 13.5. The summed E-state index contributed by atoms with van der Waals surface area (Å²) in [7, 11) is 0. The van der Waals surface area contributed by atoms with Crippen LogP contribution >= 0.6 is 11.8 Å². The number of thioether (sulfide) groups is 1. The Labute approximate surface area is 140 Å². The van der Waals surface area contributed by atoms with Crippen LogP contribution in [0, 0.1) is 5.82 Å². The van der Waals surface area contributed by atoms with Crippen LogP contribution in [0.5, 0.6) is 0 Å². The number of halogens is 1. The fourth-order valence-electron chi connectivity index (χ4n) is 2.72. The monoisotopic (exact) mass is 329 g/mol. The average Bonchev–Trinajstić information content (AvgIpc) is 2.88. The fourth-order valence-corrected chi connectivity index (χ4v) is 3.90. The van der Waals surface area contributed by atoms with Crippen molar-refractivity contribution in [1.29, 1.82) is 0 Å². The number of carbonyl (C=O) groups excluding carboxylic acids is 1.